The summed E-state index contributed by atoms with van der Waals surface area (Å²) in [6.45, 7) is 5.02. The zero-order chi connectivity index (χ0) is 24.6. The van der Waals surface area contributed by atoms with Crippen molar-refractivity contribution in [3.05, 3.63) is 83.2 Å². The van der Waals surface area contributed by atoms with Crippen molar-refractivity contribution in [2.24, 2.45) is 5.92 Å². The number of aryl methyl sites for hydroxylation is 2. The highest BCUT2D eigenvalue weighted by atomic mass is 16.2. The van der Waals surface area contributed by atoms with Gasteiger partial charge in [-0.25, -0.2) is 9.48 Å². The smallest absolute Gasteiger partial charge is 0.322 e. The number of likely N-dealkylation sites (tertiary alicyclic amines) is 1. The van der Waals surface area contributed by atoms with Crippen molar-refractivity contribution in [3.63, 3.8) is 0 Å². The molecule has 2 saturated heterocycles. The Balaban J connectivity index is 1.28. The third-order valence-corrected chi connectivity index (χ3v) is 7.14. The highest BCUT2D eigenvalue weighted by Gasteiger charge is 2.52. The minimum atomic E-state index is -0.991. The van der Waals surface area contributed by atoms with Crippen molar-refractivity contribution >= 4 is 17.8 Å². The van der Waals surface area contributed by atoms with E-state index >= 15 is 0 Å². The zero-order valence-electron chi connectivity index (χ0n) is 20.0. The van der Waals surface area contributed by atoms with Crippen molar-refractivity contribution in [1.29, 1.82) is 0 Å². The van der Waals surface area contributed by atoms with E-state index in [4.69, 9.17) is 0 Å². The first-order chi connectivity index (χ1) is 16.9. The summed E-state index contributed by atoms with van der Waals surface area (Å²) in [6.07, 6.45) is 1.70. The number of amides is 4. The SMILES string of the molecule is Cc1cc(C)n(-c2ccc(C(=O)N3CCC([C@@]4(Cc5ccccc5)NC(=O)NC4=O)CC3)cc2)n1. The number of carbonyl (C=O) groups is 3. The number of piperidine rings is 1. The van der Waals surface area contributed by atoms with Gasteiger partial charge in [0, 0.05) is 30.8 Å². The Hall–Kier alpha value is -3.94. The van der Waals surface area contributed by atoms with Gasteiger partial charge >= 0.3 is 6.03 Å². The van der Waals surface area contributed by atoms with Crippen LogP contribution in [0.4, 0.5) is 4.79 Å². The highest BCUT2D eigenvalue weighted by Crippen LogP contribution is 2.34. The Morgan fingerprint density at radius 1 is 1.03 bits per heavy atom. The summed E-state index contributed by atoms with van der Waals surface area (Å²) < 4.78 is 1.86. The molecule has 5 rings (SSSR count). The summed E-state index contributed by atoms with van der Waals surface area (Å²) in [5.41, 5.74) is 3.52. The number of carbonyl (C=O) groups excluding carboxylic acids is 3. The molecule has 0 spiro atoms. The predicted molar refractivity (Wildman–Crippen MR) is 131 cm³/mol. The average molecular weight is 472 g/mol. The molecular formula is C27H29N5O3. The fraction of sp³-hybridized carbons (Fsp3) is 0.333. The summed E-state index contributed by atoms with van der Waals surface area (Å²) in [6, 6.07) is 18.8. The normalized spacial score (nSPS) is 20.6. The molecule has 2 aromatic carbocycles. The molecule has 0 radical (unpaired) electrons. The fourth-order valence-electron chi connectivity index (χ4n) is 5.37. The molecule has 0 aliphatic carbocycles. The number of hydrogen-bond donors (Lipinski definition) is 2. The molecule has 2 N–H and O–H groups in total. The van der Waals surface area contributed by atoms with Gasteiger partial charge in [-0.1, -0.05) is 30.3 Å². The van der Waals surface area contributed by atoms with Crippen molar-refractivity contribution in [2.75, 3.05) is 13.1 Å². The lowest BCUT2D eigenvalue weighted by molar-refractivity contribution is -0.126. The van der Waals surface area contributed by atoms with E-state index in [2.05, 4.69) is 15.7 Å². The second-order valence-corrected chi connectivity index (χ2v) is 9.49. The predicted octanol–water partition coefficient (Wildman–Crippen LogP) is 3.16. The van der Waals surface area contributed by atoms with Gasteiger partial charge in [-0.05, 0) is 68.5 Å². The van der Waals surface area contributed by atoms with Crippen molar-refractivity contribution in [3.8, 4) is 5.69 Å². The molecule has 8 nitrogen and oxygen atoms in total. The lowest BCUT2D eigenvalue weighted by Gasteiger charge is -2.40. The molecular weight excluding hydrogens is 442 g/mol. The van der Waals surface area contributed by atoms with E-state index in [9.17, 15) is 14.4 Å². The van der Waals surface area contributed by atoms with Crippen LogP contribution in [0.2, 0.25) is 0 Å². The first kappa shape index (κ1) is 22.8. The molecule has 1 atom stereocenters. The first-order valence-corrected chi connectivity index (χ1v) is 12.0. The van der Waals surface area contributed by atoms with E-state index < -0.39 is 11.6 Å². The molecule has 4 amide bonds. The monoisotopic (exact) mass is 471 g/mol. The van der Waals surface area contributed by atoms with Crippen LogP contribution in [0.3, 0.4) is 0 Å². The first-order valence-electron chi connectivity index (χ1n) is 12.0. The maximum Gasteiger partial charge on any atom is 0.322 e. The van der Waals surface area contributed by atoms with Crippen LogP contribution >= 0.6 is 0 Å². The van der Waals surface area contributed by atoms with Crippen molar-refractivity contribution in [2.45, 2.75) is 38.6 Å². The largest absolute Gasteiger partial charge is 0.339 e. The molecule has 2 aliphatic rings. The summed E-state index contributed by atoms with van der Waals surface area (Å²) in [5.74, 6) is -0.372. The van der Waals surface area contributed by atoms with Gasteiger partial charge in [-0.2, -0.15) is 5.10 Å². The molecule has 0 bridgehead atoms. The van der Waals surface area contributed by atoms with E-state index in [1.807, 2.05) is 84.1 Å². The molecule has 1 aromatic heterocycles. The van der Waals surface area contributed by atoms with E-state index in [1.165, 1.54) is 0 Å². The van der Waals surface area contributed by atoms with E-state index in [0.29, 0.717) is 37.9 Å². The Labute approximate surface area is 204 Å². The Morgan fingerprint density at radius 3 is 2.29 bits per heavy atom. The van der Waals surface area contributed by atoms with E-state index in [-0.39, 0.29) is 17.7 Å². The number of benzene rings is 2. The van der Waals surface area contributed by atoms with Gasteiger partial charge in [0.2, 0.25) is 0 Å². The Kier molecular flexibility index (Phi) is 5.88. The number of rotatable bonds is 5. The average Bonchev–Trinajstić information content (AvgIpc) is 3.36. The number of nitrogens with zero attached hydrogens (tertiary/aromatic N) is 3. The van der Waals surface area contributed by atoms with Gasteiger partial charge in [-0.15, -0.1) is 0 Å². The number of hydrogen-bond acceptors (Lipinski definition) is 4. The minimum absolute atomic E-state index is 0.0274. The molecule has 3 aromatic rings. The van der Waals surface area contributed by atoms with E-state index in [1.54, 1.807) is 0 Å². The Bertz CT molecular complexity index is 1260. The van der Waals surface area contributed by atoms with Crippen LogP contribution in [-0.2, 0) is 11.2 Å². The van der Waals surface area contributed by atoms with Gasteiger partial charge in [-0.3, -0.25) is 14.9 Å². The molecule has 8 heteroatoms. The Morgan fingerprint density at radius 2 is 1.71 bits per heavy atom. The standard InChI is InChI=1S/C27H29N5O3/c1-18-16-19(2)32(30-18)23-10-8-21(9-11-23)24(33)31-14-12-22(13-15-31)27(25(34)28-26(35)29-27)17-20-6-4-3-5-7-20/h3-11,16,22H,12-15,17H2,1-2H3,(H2,28,29,34,35)/t27-/m1/s1. The van der Waals surface area contributed by atoms with Crippen LogP contribution in [-0.4, -0.2) is 51.2 Å². The van der Waals surface area contributed by atoms with Gasteiger partial charge in [0.25, 0.3) is 11.8 Å². The van der Waals surface area contributed by atoms with Crippen LogP contribution in [0.1, 0.15) is 40.2 Å². The quantitative estimate of drug-likeness (QED) is 0.559. The number of aromatic nitrogens is 2. The second kappa shape index (κ2) is 9.02. The molecule has 2 fully saturated rings. The third-order valence-electron chi connectivity index (χ3n) is 7.14. The summed E-state index contributed by atoms with van der Waals surface area (Å²) in [4.78, 5) is 40.1. The number of imide groups is 1. The van der Waals surface area contributed by atoms with Crippen LogP contribution in [0.5, 0.6) is 0 Å². The molecule has 35 heavy (non-hydrogen) atoms. The van der Waals surface area contributed by atoms with Crippen LogP contribution in [0, 0.1) is 19.8 Å². The number of nitrogens with one attached hydrogen (secondary N) is 2. The second-order valence-electron chi connectivity index (χ2n) is 9.49. The minimum Gasteiger partial charge on any atom is -0.339 e. The van der Waals surface area contributed by atoms with Crippen LogP contribution in [0.25, 0.3) is 5.69 Å². The van der Waals surface area contributed by atoms with Gasteiger partial charge in [0.05, 0.1) is 11.4 Å². The number of urea groups is 1. The van der Waals surface area contributed by atoms with Gasteiger partial charge in [0.15, 0.2) is 0 Å². The van der Waals surface area contributed by atoms with Crippen LogP contribution in [0.15, 0.2) is 60.7 Å². The fourth-order valence-corrected chi connectivity index (χ4v) is 5.37. The molecule has 0 saturated carbocycles. The summed E-state index contributed by atoms with van der Waals surface area (Å²) in [5, 5.41) is 9.86. The van der Waals surface area contributed by atoms with Gasteiger partial charge < -0.3 is 10.2 Å². The highest BCUT2D eigenvalue weighted by molar-refractivity contribution is 6.07. The van der Waals surface area contributed by atoms with Crippen LogP contribution < -0.4 is 10.6 Å². The molecule has 180 valence electrons. The maximum absolute atomic E-state index is 13.2. The molecule has 3 heterocycles. The summed E-state index contributed by atoms with van der Waals surface area (Å²) in [7, 11) is 0. The summed E-state index contributed by atoms with van der Waals surface area (Å²) >= 11 is 0. The molecule has 0 unspecified atom stereocenters. The maximum atomic E-state index is 13.2. The van der Waals surface area contributed by atoms with Gasteiger partial charge in [0.1, 0.15) is 5.54 Å². The lowest BCUT2D eigenvalue weighted by atomic mass is 9.74. The molecule has 2 aliphatic heterocycles. The topological polar surface area (TPSA) is 96.3 Å². The van der Waals surface area contributed by atoms with Crippen molar-refractivity contribution < 1.29 is 14.4 Å². The van der Waals surface area contributed by atoms with E-state index in [0.717, 1.165) is 22.6 Å². The third kappa shape index (κ3) is 4.32. The zero-order valence-corrected chi connectivity index (χ0v) is 20.0. The van der Waals surface area contributed by atoms with Crippen molar-refractivity contribution in [1.82, 2.24) is 25.3 Å². The lowest BCUT2D eigenvalue weighted by Crippen LogP contribution is -2.57.